The standard InChI is InChI=1S/C16H19NO5S/c1-3-22-16(21)14-13-9(2)5-4-6-10(13)23-15(14)17-11(18)7-8-12(19)20/h7-9H,3-6H2,1-2H3,(H,17,18)(H,19,20). The monoisotopic (exact) mass is 337 g/mol. The lowest BCUT2D eigenvalue weighted by molar-refractivity contribution is -0.131. The van der Waals surface area contributed by atoms with E-state index < -0.39 is 17.8 Å². The van der Waals surface area contributed by atoms with Gasteiger partial charge in [0.2, 0.25) is 5.91 Å². The number of amides is 1. The number of hydrogen-bond acceptors (Lipinski definition) is 5. The lowest BCUT2D eigenvalue weighted by Gasteiger charge is -2.19. The first-order chi connectivity index (χ1) is 10.9. The second kappa shape index (κ2) is 7.41. The van der Waals surface area contributed by atoms with Gasteiger partial charge >= 0.3 is 11.9 Å². The summed E-state index contributed by atoms with van der Waals surface area (Å²) < 4.78 is 5.13. The van der Waals surface area contributed by atoms with Gasteiger partial charge in [0.05, 0.1) is 12.2 Å². The molecule has 1 aromatic heterocycles. The van der Waals surface area contributed by atoms with Crippen molar-refractivity contribution in [3.05, 3.63) is 28.2 Å². The van der Waals surface area contributed by atoms with Gasteiger partial charge in [-0.3, -0.25) is 4.79 Å². The molecule has 0 fully saturated rings. The van der Waals surface area contributed by atoms with E-state index in [9.17, 15) is 14.4 Å². The van der Waals surface area contributed by atoms with Crippen LogP contribution in [0, 0.1) is 0 Å². The molecule has 0 saturated carbocycles. The van der Waals surface area contributed by atoms with Crippen LogP contribution >= 0.6 is 11.3 Å². The fourth-order valence-corrected chi connectivity index (χ4v) is 4.06. The van der Waals surface area contributed by atoms with E-state index in [2.05, 4.69) is 12.2 Å². The minimum Gasteiger partial charge on any atom is -0.478 e. The first-order valence-electron chi connectivity index (χ1n) is 7.48. The molecule has 23 heavy (non-hydrogen) atoms. The first kappa shape index (κ1) is 17.2. The van der Waals surface area contributed by atoms with Gasteiger partial charge in [-0.05, 0) is 37.7 Å². The van der Waals surface area contributed by atoms with Crippen LogP contribution in [0.25, 0.3) is 0 Å². The smallest absolute Gasteiger partial charge is 0.341 e. The number of carboxylic acids is 1. The maximum Gasteiger partial charge on any atom is 0.341 e. The predicted octanol–water partition coefficient (Wildman–Crippen LogP) is 2.94. The number of rotatable bonds is 5. The van der Waals surface area contributed by atoms with Gasteiger partial charge in [-0.25, -0.2) is 9.59 Å². The van der Waals surface area contributed by atoms with Crippen LogP contribution in [-0.4, -0.2) is 29.6 Å². The largest absolute Gasteiger partial charge is 0.478 e. The van der Waals surface area contributed by atoms with Crippen LogP contribution in [0.2, 0.25) is 0 Å². The molecular formula is C16H19NO5S. The average Bonchev–Trinajstić information content (AvgIpc) is 2.84. The maximum absolute atomic E-state index is 12.3. The van der Waals surface area contributed by atoms with Crippen molar-refractivity contribution in [1.82, 2.24) is 0 Å². The first-order valence-corrected chi connectivity index (χ1v) is 8.30. The average molecular weight is 337 g/mol. The Morgan fingerprint density at radius 3 is 2.78 bits per heavy atom. The molecule has 1 aromatic rings. The lowest BCUT2D eigenvalue weighted by Crippen LogP contribution is -2.15. The van der Waals surface area contributed by atoms with Crippen molar-refractivity contribution in [2.45, 2.75) is 39.0 Å². The van der Waals surface area contributed by atoms with E-state index in [-0.39, 0.29) is 12.5 Å². The van der Waals surface area contributed by atoms with Crippen molar-refractivity contribution in [2.24, 2.45) is 0 Å². The predicted molar refractivity (Wildman–Crippen MR) is 87.0 cm³/mol. The number of hydrogen-bond donors (Lipinski definition) is 2. The van der Waals surface area contributed by atoms with Gasteiger partial charge in [0.15, 0.2) is 0 Å². The number of aryl methyl sites for hydroxylation is 1. The Labute approximate surface area is 138 Å². The molecule has 6 nitrogen and oxygen atoms in total. The van der Waals surface area contributed by atoms with Crippen LogP contribution in [0.1, 0.15) is 53.4 Å². The molecule has 1 atom stereocenters. The summed E-state index contributed by atoms with van der Waals surface area (Å²) in [5, 5.41) is 11.6. The normalized spacial score (nSPS) is 16.9. The van der Waals surface area contributed by atoms with Gasteiger partial charge in [0.1, 0.15) is 5.00 Å². The van der Waals surface area contributed by atoms with Crippen molar-refractivity contribution in [3.63, 3.8) is 0 Å². The summed E-state index contributed by atoms with van der Waals surface area (Å²) in [6, 6.07) is 0. The number of ether oxygens (including phenoxy) is 1. The zero-order valence-corrected chi connectivity index (χ0v) is 13.9. The summed E-state index contributed by atoms with van der Waals surface area (Å²) in [6.45, 7) is 4.04. The zero-order valence-electron chi connectivity index (χ0n) is 13.0. The van der Waals surface area contributed by atoms with Crippen LogP contribution in [-0.2, 0) is 20.7 Å². The number of thiophene rings is 1. The summed E-state index contributed by atoms with van der Waals surface area (Å²) >= 11 is 1.37. The number of anilines is 1. The van der Waals surface area contributed by atoms with Crippen LogP contribution in [0.15, 0.2) is 12.2 Å². The summed E-state index contributed by atoms with van der Waals surface area (Å²) in [6.07, 6.45) is 4.60. The Hall–Kier alpha value is -2.15. The number of carbonyl (C=O) groups excluding carboxylic acids is 2. The molecule has 1 aliphatic carbocycles. The van der Waals surface area contributed by atoms with Gasteiger partial charge in [0.25, 0.3) is 0 Å². The highest BCUT2D eigenvalue weighted by Crippen LogP contribution is 2.43. The minimum atomic E-state index is -1.20. The van der Waals surface area contributed by atoms with Crippen molar-refractivity contribution in [1.29, 1.82) is 0 Å². The van der Waals surface area contributed by atoms with E-state index in [0.717, 1.165) is 41.9 Å². The second-order valence-electron chi connectivity index (χ2n) is 5.32. The molecule has 2 N–H and O–H groups in total. The SMILES string of the molecule is CCOC(=O)c1c(NC(=O)C=CC(=O)O)sc2c1C(C)CCC2. The third-order valence-electron chi connectivity index (χ3n) is 3.65. The molecular weight excluding hydrogens is 318 g/mol. The number of aliphatic carboxylic acids is 1. The van der Waals surface area contributed by atoms with Crippen molar-refractivity contribution in [2.75, 3.05) is 11.9 Å². The fourth-order valence-electron chi connectivity index (χ4n) is 2.71. The van der Waals surface area contributed by atoms with E-state index in [4.69, 9.17) is 9.84 Å². The minimum absolute atomic E-state index is 0.231. The molecule has 0 radical (unpaired) electrons. The van der Waals surface area contributed by atoms with Gasteiger partial charge in [-0.1, -0.05) is 6.92 Å². The molecule has 0 bridgehead atoms. The van der Waals surface area contributed by atoms with Crippen LogP contribution in [0.4, 0.5) is 5.00 Å². The number of carbonyl (C=O) groups is 3. The van der Waals surface area contributed by atoms with Crippen LogP contribution in [0.3, 0.4) is 0 Å². The maximum atomic E-state index is 12.3. The summed E-state index contributed by atoms with van der Waals surface area (Å²) in [5.41, 5.74) is 1.37. The summed E-state index contributed by atoms with van der Waals surface area (Å²) in [5.74, 6) is -2.00. The Morgan fingerprint density at radius 1 is 1.39 bits per heavy atom. The third kappa shape index (κ3) is 3.98. The number of esters is 1. The van der Waals surface area contributed by atoms with Gasteiger partial charge in [-0.2, -0.15) is 0 Å². The molecule has 0 aromatic carbocycles. The molecule has 2 rings (SSSR count). The van der Waals surface area contributed by atoms with E-state index >= 15 is 0 Å². The van der Waals surface area contributed by atoms with Crippen molar-refractivity contribution < 1.29 is 24.2 Å². The number of fused-ring (bicyclic) bond motifs is 1. The molecule has 0 saturated heterocycles. The molecule has 1 unspecified atom stereocenters. The Bertz CT molecular complexity index is 662. The third-order valence-corrected chi connectivity index (χ3v) is 4.83. The highest BCUT2D eigenvalue weighted by Gasteiger charge is 2.30. The molecule has 1 aliphatic rings. The molecule has 7 heteroatoms. The van der Waals surface area contributed by atoms with Gasteiger partial charge < -0.3 is 15.2 Å². The van der Waals surface area contributed by atoms with E-state index in [1.165, 1.54) is 11.3 Å². The number of carboxylic acid groups (broad SMARTS) is 1. The highest BCUT2D eigenvalue weighted by atomic mass is 32.1. The van der Waals surface area contributed by atoms with Gasteiger partial charge in [-0.15, -0.1) is 11.3 Å². The Kier molecular flexibility index (Phi) is 5.54. The second-order valence-corrected chi connectivity index (χ2v) is 6.42. The molecule has 0 spiro atoms. The Morgan fingerprint density at radius 2 is 2.13 bits per heavy atom. The van der Waals surface area contributed by atoms with Crippen molar-refractivity contribution >= 4 is 34.2 Å². The molecule has 124 valence electrons. The van der Waals surface area contributed by atoms with Crippen LogP contribution in [0.5, 0.6) is 0 Å². The van der Waals surface area contributed by atoms with Crippen LogP contribution < -0.4 is 5.32 Å². The highest BCUT2D eigenvalue weighted by molar-refractivity contribution is 7.17. The summed E-state index contributed by atoms with van der Waals surface area (Å²) in [7, 11) is 0. The lowest BCUT2D eigenvalue weighted by atomic mass is 9.86. The van der Waals surface area contributed by atoms with Gasteiger partial charge in [0, 0.05) is 17.0 Å². The molecule has 0 aliphatic heterocycles. The fraction of sp³-hybridized carbons (Fsp3) is 0.438. The van der Waals surface area contributed by atoms with E-state index in [1.54, 1.807) is 6.92 Å². The number of nitrogens with one attached hydrogen (secondary N) is 1. The van der Waals surface area contributed by atoms with E-state index in [0.29, 0.717) is 10.6 Å². The zero-order chi connectivity index (χ0) is 17.0. The molecule has 1 heterocycles. The van der Waals surface area contributed by atoms with Crippen molar-refractivity contribution in [3.8, 4) is 0 Å². The Balaban J connectivity index is 2.36. The molecule has 1 amide bonds. The topological polar surface area (TPSA) is 92.7 Å². The summed E-state index contributed by atoms with van der Waals surface area (Å²) in [4.78, 5) is 35.7. The van der Waals surface area contributed by atoms with E-state index in [1.807, 2.05) is 0 Å². The quantitative estimate of drug-likeness (QED) is 0.636.